The predicted octanol–water partition coefficient (Wildman–Crippen LogP) is 6.28. The Hall–Kier alpha value is -3.23. The van der Waals surface area contributed by atoms with Gasteiger partial charge in [-0.25, -0.2) is 4.98 Å². The molecule has 6 nitrogen and oxygen atoms in total. The molecule has 0 bridgehead atoms. The topological polar surface area (TPSA) is 72.7 Å². The SMILES string of the molecule is C=CCn1c(SCC(=O)Nc2nc(-c3ccccc3)cs2)nnc1-c1ccc(C(C)(C)C)cc1. The number of amides is 1. The van der Waals surface area contributed by atoms with E-state index in [9.17, 15) is 4.79 Å². The zero-order valence-corrected chi connectivity index (χ0v) is 21.1. The molecular weight excluding hydrogens is 462 g/mol. The summed E-state index contributed by atoms with van der Waals surface area (Å²) in [6.07, 6.45) is 1.81. The largest absolute Gasteiger partial charge is 0.301 e. The van der Waals surface area contributed by atoms with Gasteiger partial charge in [0.25, 0.3) is 0 Å². The van der Waals surface area contributed by atoms with Crippen molar-refractivity contribution in [2.24, 2.45) is 0 Å². The molecule has 4 rings (SSSR count). The lowest BCUT2D eigenvalue weighted by atomic mass is 9.87. The van der Waals surface area contributed by atoms with Crippen molar-refractivity contribution in [1.82, 2.24) is 19.7 Å². The Morgan fingerprint density at radius 2 is 1.82 bits per heavy atom. The molecule has 174 valence electrons. The van der Waals surface area contributed by atoms with Crippen LogP contribution in [0.15, 0.2) is 77.8 Å². The first-order valence-electron chi connectivity index (χ1n) is 10.9. The van der Waals surface area contributed by atoms with Crippen LogP contribution in [-0.2, 0) is 16.8 Å². The number of carbonyl (C=O) groups excluding carboxylic acids is 1. The highest BCUT2D eigenvalue weighted by Crippen LogP contribution is 2.28. The number of thioether (sulfide) groups is 1. The number of hydrogen-bond acceptors (Lipinski definition) is 6. The van der Waals surface area contributed by atoms with Gasteiger partial charge >= 0.3 is 0 Å². The van der Waals surface area contributed by atoms with Crippen LogP contribution in [0.4, 0.5) is 5.13 Å². The van der Waals surface area contributed by atoms with Gasteiger partial charge in [-0.3, -0.25) is 9.36 Å². The van der Waals surface area contributed by atoms with Crippen LogP contribution in [-0.4, -0.2) is 31.4 Å². The summed E-state index contributed by atoms with van der Waals surface area (Å²) >= 11 is 2.76. The standard InChI is InChI=1S/C26H27N5OS2/c1-5-15-31-23(19-11-13-20(14-12-19)26(2,3)4)29-30-25(31)34-17-22(32)28-24-27-21(16-33-24)18-9-7-6-8-10-18/h5-14,16H,1,15,17H2,2-4H3,(H,27,28,32). The first-order valence-corrected chi connectivity index (χ1v) is 12.8. The second-order valence-corrected chi connectivity index (χ2v) is 10.6. The summed E-state index contributed by atoms with van der Waals surface area (Å²) in [5.74, 6) is 0.831. The molecule has 0 aliphatic carbocycles. The molecule has 8 heteroatoms. The van der Waals surface area contributed by atoms with Crippen LogP contribution in [0.5, 0.6) is 0 Å². The summed E-state index contributed by atoms with van der Waals surface area (Å²) in [7, 11) is 0. The van der Waals surface area contributed by atoms with Crippen LogP contribution in [0.3, 0.4) is 0 Å². The van der Waals surface area contributed by atoms with E-state index in [1.807, 2.05) is 40.3 Å². The van der Waals surface area contributed by atoms with Gasteiger partial charge in [0.15, 0.2) is 16.1 Å². The van der Waals surface area contributed by atoms with Crippen molar-refractivity contribution in [3.63, 3.8) is 0 Å². The monoisotopic (exact) mass is 489 g/mol. The first-order chi connectivity index (χ1) is 16.3. The van der Waals surface area contributed by atoms with E-state index in [2.05, 4.69) is 72.1 Å². The van der Waals surface area contributed by atoms with E-state index >= 15 is 0 Å². The molecule has 0 spiro atoms. The number of rotatable bonds is 8. The third kappa shape index (κ3) is 5.63. The first kappa shape index (κ1) is 23.9. The summed E-state index contributed by atoms with van der Waals surface area (Å²) in [5, 5.41) is 14.8. The van der Waals surface area contributed by atoms with Crippen LogP contribution >= 0.6 is 23.1 Å². The van der Waals surface area contributed by atoms with Crippen molar-refractivity contribution in [3.8, 4) is 22.6 Å². The van der Waals surface area contributed by atoms with E-state index in [0.717, 1.165) is 22.6 Å². The van der Waals surface area contributed by atoms with Crippen molar-refractivity contribution < 1.29 is 4.79 Å². The van der Waals surface area contributed by atoms with Crippen molar-refractivity contribution in [3.05, 3.63) is 78.2 Å². The van der Waals surface area contributed by atoms with Gasteiger partial charge in [0.1, 0.15) is 0 Å². The Labute approximate surface area is 208 Å². The molecule has 34 heavy (non-hydrogen) atoms. The normalized spacial score (nSPS) is 11.4. The summed E-state index contributed by atoms with van der Waals surface area (Å²) in [5.41, 5.74) is 4.20. The van der Waals surface area contributed by atoms with Gasteiger partial charge in [-0.05, 0) is 11.0 Å². The molecule has 0 saturated heterocycles. The van der Waals surface area contributed by atoms with Crippen molar-refractivity contribution in [2.75, 3.05) is 11.1 Å². The lowest BCUT2D eigenvalue weighted by molar-refractivity contribution is -0.113. The number of anilines is 1. The maximum atomic E-state index is 12.6. The molecule has 0 fully saturated rings. The summed E-state index contributed by atoms with van der Waals surface area (Å²) in [6.45, 7) is 11.0. The molecule has 1 amide bonds. The molecule has 2 aromatic heterocycles. The fraction of sp³-hybridized carbons (Fsp3) is 0.231. The fourth-order valence-corrected chi connectivity index (χ4v) is 4.86. The van der Waals surface area contributed by atoms with Gasteiger partial charge in [-0.15, -0.1) is 28.1 Å². The van der Waals surface area contributed by atoms with Crippen LogP contribution in [0.1, 0.15) is 26.3 Å². The molecule has 0 aliphatic heterocycles. The number of hydrogen-bond donors (Lipinski definition) is 1. The Bertz CT molecular complexity index is 1270. The molecule has 4 aromatic rings. The van der Waals surface area contributed by atoms with E-state index in [4.69, 9.17) is 0 Å². The molecule has 2 aromatic carbocycles. The lowest BCUT2D eigenvalue weighted by Gasteiger charge is -2.19. The molecule has 0 atom stereocenters. The lowest BCUT2D eigenvalue weighted by Crippen LogP contribution is -2.14. The number of thiazole rings is 1. The zero-order chi connectivity index (χ0) is 24.1. The number of aromatic nitrogens is 4. The highest BCUT2D eigenvalue weighted by atomic mass is 32.2. The van der Waals surface area contributed by atoms with Crippen molar-refractivity contribution in [2.45, 2.75) is 37.9 Å². The summed E-state index contributed by atoms with van der Waals surface area (Å²) in [6, 6.07) is 18.3. The van der Waals surface area contributed by atoms with Gasteiger partial charge in [0, 0.05) is 23.1 Å². The maximum Gasteiger partial charge on any atom is 0.236 e. The fourth-order valence-electron chi connectivity index (χ4n) is 3.38. The molecule has 2 heterocycles. The number of nitrogens with zero attached hydrogens (tertiary/aromatic N) is 4. The summed E-state index contributed by atoms with van der Waals surface area (Å²) in [4.78, 5) is 17.1. The quantitative estimate of drug-likeness (QED) is 0.233. The average molecular weight is 490 g/mol. The average Bonchev–Trinajstić information content (AvgIpc) is 3.45. The minimum atomic E-state index is -0.136. The second-order valence-electron chi connectivity index (χ2n) is 8.77. The number of carbonyl (C=O) groups is 1. The van der Waals surface area contributed by atoms with E-state index in [1.54, 1.807) is 6.08 Å². The predicted molar refractivity (Wildman–Crippen MR) is 141 cm³/mol. The maximum absolute atomic E-state index is 12.6. The van der Waals surface area contributed by atoms with E-state index < -0.39 is 0 Å². The van der Waals surface area contributed by atoms with Gasteiger partial charge < -0.3 is 5.32 Å². The van der Waals surface area contributed by atoms with Crippen molar-refractivity contribution >= 4 is 34.1 Å². The molecule has 0 aliphatic rings. The van der Waals surface area contributed by atoms with Gasteiger partial charge in [0.2, 0.25) is 5.91 Å². The van der Waals surface area contributed by atoms with Gasteiger partial charge in [-0.1, -0.05) is 93.2 Å². The Kier molecular flexibility index (Phi) is 7.29. The van der Waals surface area contributed by atoms with Crippen LogP contribution in [0, 0.1) is 0 Å². The minimum Gasteiger partial charge on any atom is -0.301 e. The zero-order valence-electron chi connectivity index (χ0n) is 19.5. The van der Waals surface area contributed by atoms with Crippen molar-refractivity contribution in [1.29, 1.82) is 0 Å². The minimum absolute atomic E-state index is 0.0843. The highest BCUT2D eigenvalue weighted by Gasteiger charge is 2.18. The van der Waals surface area contributed by atoms with Crippen LogP contribution in [0.2, 0.25) is 0 Å². The van der Waals surface area contributed by atoms with E-state index in [1.165, 1.54) is 28.7 Å². The van der Waals surface area contributed by atoms with E-state index in [0.29, 0.717) is 16.8 Å². The third-order valence-electron chi connectivity index (χ3n) is 5.19. The molecule has 0 saturated carbocycles. The second kappa shape index (κ2) is 10.4. The van der Waals surface area contributed by atoms with Gasteiger partial charge in [0.05, 0.1) is 11.4 Å². The number of benzene rings is 2. The Balaban J connectivity index is 1.43. The Morgan fingerprint density at radius 1 is 1.09 bits per heavy atom. The Morgan fingerprint density at radius 3 is 2.50 bits per heavy atom. The van der Waals surface area contributed by atoms with Gasteiger partial charge in [-0.2, -0.15) is 0 Å². The molecule has 0 radical (unpaired) electrons. The third-order valence-corrected chi connectivity index (χ3v) is 6.91. The summed E-state index contributed by atoms with van der Waals surface area (Å²) < 4.78 is 1.98. The molecule has 0 unspecified atom stereocenters. The molecule has 1 N–H and O–H groups in total. The highest BCUT2D eigenvalue weighted by molar-refractivity contribution is 7.99. The van der Waals surface area contributed by atoms with Crippen LogP contribution in [0.25, 0.3) is 22.6 Å². The molecular formula is C26H27N5OS2. The smallest absolute Gasteiger partial charge is 0.236 e. The van der Waals surface area contributed by atoms with Crippen LogP contribution < -0.4 is 5.32 Å². The number of nitrogens with one attached hydrogen (secondary N) is 1. The number of allylic oxidation sites excluding steroid dienone is 1. The van der Waals surface area contributed by atoms with E-state index in [-0.39, 0.29) is 17.1 Å².